The number of fused-ring (bicyclic) bond motifs is 3. The Labute approximate surface area is 197 Å². The molecule has 0 spiro atoms. The molecule has 3 aromatic carbocycles. The molecule has 1 heterocycles. The van der Waals surface area contributed by atoms with Crippen molar-refractivity contribution in [1.82, 2.24) is 9.88 Å². The van der Waals surface area contributed by atoms with Gasteiger partial charge in [0.2, 0.25) is 0 Å². The third-order valence-corrected chi connectivity index (χ3v) is 5.10. The molecular formula is C27H28N2O5. The van der Waals surface area contributed by atoms with Crippen LogP contribution in [0.2, 0.25) is 0 Å². The summed E-state index contributed by atoms with van der Waals surface area (Å²) in [6, 6.07) is 25.6. The fourth-order valence-electron chi connectivity index (χ4n) is 3.67. The number of hydrogen-bond acceptors (Lipinski definition) is 4. The lowest BCUT2D eigenvalue weighted by molar-refractivity contribution is -0.134. The Balaban J connectivity index is 0.000000350. The van der Waals surface area contributed by atoms with Gasteiger partial charge in [-0.3, -0.25) is 0 Å². The molecule has 3 N–H and O–H groups in total. The quantitative estimate of drug-likeness (QED) is 0.250. The first kappa shape index (κ1) is 24.5. The number of likely N-dealkylation sites (N-methyl/N-ethyl adjacent to an activating group) is 1. The third-order valence-electron chi connectivity index (χ3n) is 5.10. The van der Waals surface area contributed by atoms with Crippen LogP contribution < -0.4 is 10.1 Å². The number of carbonyl (C=O) groups is 2. The summed E-state index contributed by atoms with van der Waals surface area (Å²) >= 11 is 0. The molecule has 4 rings (SSSR count). The fourth-order valence-corrected chi connectivity index (χ4v) is 3.67. The zero-order chi connectivity index (χ0) is 24.3. The van der Waals surface area contributed by atoms with Gasteiger partial charge in [-0.15, -0.1) is 0 Å². The van der Waals surface area contributed by atoms with Crippen molar-refractivity contribution in [2.24, 2.45) is 0 Å². The molecule has 0 radical (unpaired) electrons. The third kappa shape index (κ3) is 6.46. The van der Waals surface area contributed by atoms with Crippen LogP contribution in [-0.4, -0.2) is 46.4 Å². The van der Waals surface area contributed by atoms with Crippen LogP contribution in [0.15, 0.2) is 84.9 Å². The molecule has 34 heavy (non-hydrogen) atoms. The molecule has 1 aromatic heterocycles. The van der Waals surface area contributed by atoms with E-state index in [2.05, 4.69) is 89.6 Å². The summed E-state index contributed by atoms with van der Waals surface area (Å²) in [7, 11) is 0. The molecule has 176 valence electrons. The molecule has 0 atom stereocenters. The number of nitrogens with one attached hydrogen (secondary N) is 1. The second-order valence-electron chi connectivity index (χ2n) is 7.45. The minimum absolute atomic E-state index is 0.558. The van der Waals surface area contributed by atoms with Gasteiger partial charge >= 0.3 is 11.9 Å². The number of aliphatic carboxylic acids is 2. The van der Waals surface area contributed by atoms with Gasteiger partial charge in [0.05, 0.1) is 5.52 Å². The van der Waals surface area contributed by atoms with Crippen LogP contribution in [0.3, 0.4) is 0 Å². The highest BCUT2D eigenvalue weighted by Gasteiger charge is 2.14. The molecule has 0 fully saturated rings. The molecule has 0 unspecified atom stereocenters. The van der Waals surface area contributed by atoms with Crippen molar-refractivity contribution in [2.45, 2.75) is 13.5 Å². The van der Waals surface area contributed by atoms with Crippen molar-refractivity contribution in [3.63, 3.8) is 0 Å². The van der Waals surface area contributed by atoms with Gasteiger partial charge in [0.25, 0.3) is 0 Å². The highest BCUT2D eigenvalue weighted by Crippen LogP contribution is 2.36. The predicted octanol–water partition coefficient (Wildman–Crippen LogP) is 4.54. The molecule has 0 aliphatic rings. The van der Waals surface area contributed by atoms with Gasteiger partial charge in [0.1, 0.15) is 12.4 Å². The van der Waals surface area contributed by atoms with E-state index in [4.69, 9.17) is 14.9 Å². The number of rotatable bonds is 9. The van der Waals surface area contributed by atoms with Crippen molar-refractivity contribution in [1.29, 1.82) is 0 Å². The second-order valence-corrected chi connectivity index (χ2v) is 7.45. The minimum atomic E-state index is -1.26. The summed E-state index contributed by atoms with van der Waals surface area (Å²) in [6.45, 7) is 5.45. The smallest absolute Gasteiger partial charge is 0.328 e. The van der Waals surface area contributed by atoms with E-state index in [-0.39, 0.29) is 0 Å². The van der Waals surface area contributed by atoms with E-state index in [0.717, 1.165) is 25.4 Å². The highest BCUT2D eigenvalue weighted by atomic mass is 16.5. The van der Waals surface area contributed by atoms with Crippen LogP contribution in [0.25, 0.3) is 21.8 Å². The lowest BCUT2D eigenvalue weighted by Gasteiger charge is -2.10. The Morgan fingerprint density at radius 3 is 2.21 bits per heavy atom. The van der Waals surface area contributed by atoms with E-state index in [1.807, 2.05) is 0 Å². The lowest BCUT2D eigenvalue weighted by Crippen LogP contribution is -2.20. The lowest BCUT2D eigenvalue weighted by atomic mass is 10.1. The van der Waals surface area contributed by atoms with Gasteiger partial charge < -0.3 is 24.8 Å². The normalized spacial score (nSPS) is 10.9. The standard InChI is InChI=1S/C23H24N2O.C4H4O4/c1-2-24-15-16-26-22-14-8-13-21-23(22)19-11-6-7-12-20(19)25(21)17-18-9-4-3-5-10-18;5-3(6)1-2-4(7)8/h3-14,24H,2,15-17H2,1H3;1-2H,(H,5,6)(H,7,8)/b;2-1-. The maximum atomic E-state index is 9.55. The molecule has 0 amide bonds. The van der Waals surface area contributed by atoms with Gasteiger partial charge in [-0.2, -0.15) is 0 Å². The average Bonchev–Trinajstić information content (AvgIpc) is 3.16. The summed E-state index contributed by atoms with van der Waals surface area (Å²) in [4.78, 5) is 19.1. The van der Waals surface area contributed by atoms with E-state index < -0.39 is 11.9 Å². The number of carboxylic acids is 2. The Morgan fingerprint density at radius 1 is 0.882 bits per heavy atom. The van der Waals surface area contributed by atoms with Gasteiger partial charge in [-0.05, 0) is 30.3 Å². The van der Waals surface area contributed by atoms with E-state index in [1.165, 1.54) is 27.4 Å². The largest absolute Gasteiger partial charge is 0.492 e. The molecule has 0 aliphatic heterocycles. The first-order valence-electron chi connectivity index (χ1n) is 11.0. The van der Waals surface area contributed by atoms with E-state index in [9.17, 15) is 9.59 Å². The van der Waals surface area contributed by atoms with Crippen molar-refractivity contribution >= 4 is 33.7 Å². The zero-order valence-corrected chi connectivity index (χ0v) is 19.0. The number of para-hydroxylation sites is 1. The fraction of sp³-hybridized carbons (Fsp3) is 0.185. The van der Waals surface area contributed by atoms with Crippen LogP contribution in [-0.2, 0) is 16.1 Å². The van der Waals surface area contributed by atoms with Crippen LogP contribution in [0, 0.1) is 0 Å². The number of benzene rings is 3. The molecule has 7 nitrogen and oxygen atoms in total. The maximum Gasteiger partial charge on any atom is 0.328 e. The first-order valence-corrected chi connectivity index (χ1v) is 11.0. The van der Waals surface area contributed by atoms with Crippen LogP contribution in [0.1, 0.15) is 12.5 Å². The van der Waals surface area contributed by atoms with Crippen LogP contribution in [0.5, 0.6) is 5.75 Å². The number of nitrogens with zero attached hydrogens (tertiary/aromatic N) is 1. The zero-order valence-electron chi connectivity index (χ0n) is 19.0. The van der Waals surface area contributed by atoms with Gasteiger partial charge in [-0.1, -0.05) is 61.5 Å². The number of carboxylic acid groups (broad SMARTS) is 2. The molecule has 0 saturated carbocycles. The number of hydrogen-bond donors (Lipinski definition) is 3. The highest BCUT2D eigenvalue weighted by molar-refractivity contribution is 6.11. The summed E-state index contributed by atoms with van der Waals surface area (Å²) in [6.07, 6.45) is 1.12. The summed E-state index contributed by atoms with van der Waals surface area (Å²) in [5, 5.41) is 21.4. The molecular weight excluding hydrogens is 432 g/mol. The number of aromatic nitrogens is 1. The Bertz CT molecular complexity index is 1260. The Kier molecular flexibility index (Phi) is 8.82. The Hall–Kier alpha value is -4.10. The van der Waals surface area contributed by atoms with Crippen molar-refractivity contribution in [3.8, 4) is 5.75 Å². The molecule has 7 heteroatoms. The summed E-state index contributed by atoms with van der Waals surface area (Å²) < 4.78 is 8.50. The van der Waals surface area contributed by atoms with E-state index in [1.54, 1.807) is 0 Å². The van der Waals surface area contributed by atoms with Gasteiger partial charge in [0.15, 0.2) is 0 Å². The molecule has 0 aliphatic carbocycles. The van der Waals surface area contributed by atoms with E-state index in [0.29, 0.717) is 18.8 Å². The molecule has 0 bridgehead atoms. The van der Waals surface area contributed by atoms with Gasteiger partial charge in [0, 0.05) is 41.5 Å². The Morgan fingerprint density at radius 2 is 1.53 bits per heavy atom. The van der Waals surface area contributed by atoms with Crippen LogP contribution >= 0.6 is 0 Å². The van der Waals surface area contributed by atoms with Gasteiger partial charge in [-0.25, -0.2) is 9.59 Å². The van der Waals surface area contributed by atoms with Crippen molar-refractivity contribution in [2.75, 3.05) is 19.7 Å². The topological polar surface area (TPSA) is 101 Å². The van der Waals surface area contributed by atoms with Crippen molar-refractivity contribution in [3.05, 3.63) is 90.5 Å². The van der Waals surface area contributed by atoms with Crippen molar-refractivity contribution < 1.29 is 24.5 Å². The number of ether oxygens (including phenoxy) is 1. The predicted molar refractivity (Wildman–Crippen MR) is 133 cm³/mol. The minimum Gasteiger partial charge on any atom is -0.492 e. The molecule has 4 aromatic rings. The summed E-state index contributed by atoms with van der Waals surface area (Å²) in [5.41, 5.74) is 3.76. The van der Waals surface area contributed by atoms with Crippen LogP contribution in [0.4, 0.5) is 0 Å². The average molecular weight is 461 g/mol. The summed E-state index contributed by atoms with van der Waals surface area (Å²) in [5.74, 6) is -1.55. The SMILES string of the molecule is CCNCCOc1cccc2c1c1ccccc1n2Cc1ccccc1.O=C(O)/C=C\C(=O)O. The van der Waals surface area contributed by atoms with E-state index >= 15 is 0 Å². The first-order chi connectivity index (χ1) is 16.5. The molecule has 0 saturated heterocycles. The second kappa shape index (κ2) is 12.2. The monoisotopic (exact) mass is 460 g/mol. The maximum absolute atomic E-state index is 9.55.